The standard InChI is InChI=1S/C31H27FN8O2/c1-4-22-15-29(40(38-22)23-7-8-25-20(14-23)6-5-12-33-25)37-31(41)36-26-9-10-28(19(2)30(26)32)42-24-11-13-34-27(16-24)21-17-35-39(3)18-21/h5-18H,4H2,1-3H3,(H2,36,37,41). The van der Waals surface area contributed by atoms with Gasteiger partial charge in [0.25, 0.3) is 0 Å². The van der Waals surface area contributed by atoms with E-state index in [0.29, 0.717) is 29.4 Å². The van der Waals surface area contributed by atoms with Crippen LogP contribution in [-0.4, -0.2) is 35.6 Å². The third-order valence-corrected chi connectivity index (χ3v) is 6.74. The average molecular weight is 563 g/mol. The van der Waals surface area contributed by atoms with Crippen molar-refractivity contribution in [2.45, 2.75) is 20.3 Å². The predicted molar refractivity (Wildman–Crippen MR) is 159 cm³/mol. The number of ether oxygens (including phenoxy) is 1. The summed E-state index contributed by atoms with van der Waals surface area (Å²) >= 11 is 0. The van der Waals surface area contributed by atoms with Crippen molar-refractivity contribution < 1.29 is 13.9 Å². The number of benzene rings is 2. The summed E-state index contributed by atoms with van der Waals surface area (Å²) in [4.78, 5) is 21.7. The summed E-state index contributed by atoms with van der Waals surface area (Å²) in [6.07, 6.45) is 7.58. The molecule has 0 fully saturated rings. The van der Waals surface area contributed by atoms with Gasteiger partial charge in [-0.3, -0.25) is 20.0 Å². The average Bonchev–Trinajstić information content (AvgIpc) is 3.63. The number of hydrogen-bond donors (Lipinski definition) is 2. The lowest BCUT2D eigenvalue weighted by molar-refractivity contribution is 0.262. The fraction of sp³-hybridized carbons (Fsp3) is 0.129. The molecule has 0 spiro atoms. The molecular formula is C31H27FN8O2. The molecule has 0 aliphatic carbocycles. The van der Waals surface area contributed by atoms with E-state index in [2.05, 4.69) is 30.8 Å². The number of halogens is 1. The van der Waals surface area contributed by atoms with Crippen LogP contribution in [0.3, 0.4) is 0 Å². The topological polar surface area (TPSA) is 112 Å². The molecule has 0 aliphatic heterocycles. The molecule has 2 N–H and O–H groups in total. The highest BCUT2D eigenvalue weighted by Crippen LogP contribution is 2.32. The Labute approximate surface area is 240 Å². The maximum atomic E-state index is 15.4. The fourth-order valence-electron chi connectivity index (χ4n) is 4.54. The largest absolute Gasteiger partial charge is 0.457 e. The van der Waals surface area contributed by atoms with Gasteiger partial charge in [-0.05, 0) is 55.8 Å². The zero-order chi connectivity index (χ0) is 29.2. The first-order chi connectivity index (χ1) is 20.4. The van der Waals surface area contributed by atoms with E-state index in [-0.39, 0.29) is 11.3 Å². The molecule has 0 atom stereocenters. The Bertz CT molecular complexity index is 1930. The Morgan fingerprint density at radius 1 is 1.02 bits per heavy atom. The van der Waals surface area contributed by atoms with Gasteiger partial charge >= 0.3 is 6.03 Å². The molecule has 2 amide bonds. The van der Waals surface area contributed by atoms with Crippen LogP contribution in [-0.2, 0) is 13.5 Å². The molecule has 6 rings (SSSR count). The molecule has 0 radical (unpaired) electrons. The summed E-state index contributed by atoms with van der Waals surface area (Å²) in [7, 11) is 1.82. The first-order valence-electron chi connectivity index (χ1n) is 13.3. The van der Waals surface area contributed by atoms with Gasteiger partial charge in [-0.15, -0.1) is 0 Å². The van der Waals surface area contributed by atoms with Crippen LogP contribution in [0.2, 0.25) is 0 Å². The van der Waals surface area contributed by atoms with Gasteiger partial charge in [0.15, 0.2) is 5.82 Å². The highest BCUT2D eigenvalue weighted by atomic mass is 19.1. The van der Waals surface area contributed by atoms with E-state index in [4.69, 9.17) is 4.74 Å². The van der Waals surface area contributed by atoms with E-state index in [1.807, 2.05) is 50.5 Å². The lowest BCUT2D eigenvalue weighted by atomic mass is 10.1. The molecule has 0 saturated carbocycles. The highest BCUT2D eigenvalue weighted by molar-refractivity contribution is 5.99. The zero-order valence-electron chi connectivity index (χ0n) is 23.2. The number of nitrogens with one attached hydrogen (secondary N) is 2. The summed E-state index contributed by atoms with van der Waals surface area (Å²) in [5.74, 6) is 0.660. The molecule has 11 heteroatoms. The molecule has 210 valence electrons. The summed E-state index contributed by atoms with van der Waals surface area (Å²) in [6, 6.07) is 17.3. The van der Waals surface area contributed by atoms with Crippen LogP contribution in [0.1, 0.15) is 18.2 Å². The number of urea groups is 1. The number of anilines is 2. The summed E-state index contributed by atoms with van der Waals surface area (Å²) in [6.45, 7) is 3.57. The Kier molecular flexibility index (Phi) is 7.05. The smallest absolute Gasteiger partial charge is 0.324 e. The predicted octanol–water partition coefficient (Wildman–Crippen LogP) is 6.66. The van der Waals surface area contributed by atoms with Crippen molar-refractivity contribution in [3.05, 3.63) is 103 Å². The molecule has 0 unspecified atom stereocenters. The Hall–Kier alpha value is -5.58. The van der Waals surface area contributed by atoms with Crippen LogP contribution in [0.15, 0.2) is 85.5 Å². The lowest BCUT2D eigenvalue weighted by Gasteiger charge is -2.14. The van der Waals surface area contributed by atoms with Gasteiger partial charge in [0, 0.05) is 54.3 Å². The van der Waals surface area contributed by atoms with E-state index in [1.165, 1.54) is 6.07 Å². The third-order valence-electron chi connectivity index (χ3n) is 6.74. The molecule has 0 saturated heterocycles. The second-order valence-corrected chi connectivity index (χ2v) is 9.68. The number of hydrogen-bond acceptors (Lipinski definition) is 6. The number of pyridine rings is 2. The Morgan fingerprint density at radius 3 is 2.71 bits per heavy atom. The van der Waals surface area contributed by atoms with Crippen LogP contribution in [0, 0.1) is 12.7 Å². The number of aromatic nitrogens is 6. The number of carbonyl (C=O) groups is 1. The second kappa shape index (κ2) is 11.1. The van der Waals surface area contributed by atoms with E-state index in [1.54, 1.807) is 59.1 Å². The molecule has 0 bridgehead atoms. The van der Waals surface area contributed by atoms with Crippen LogP contribution < -0.4 is 15.4 Å². The monoisotopic (exact) mass is 562 g/mol. The molecule has 4 aromatic heterocycles. The molecule has 42 heavy (non-hydrogen) atoms. The molecule has 4 heterocycles. The summed E-state index contributed by atoms with van der Waals surface area (Å²) in [5.41, 5.74) is 4.19. The van der Waals surface area contributed by atoms with Gasteiger partial charge in [0.2, 0.25) is 0 Å². The summed E-state index contributed by atoms with van der Waals surface area (Å²) in [5, 5.41) is 15.2. The first kappa shape index (κ1) is 26.6. The maximum absolute atomic E-state index is 15.4. The third kappa shape index (κ3) is 5.39. The van der Waals surface area contributed by atoms with Gasteiger partial charge in [0.1, 0.15) is 17.3 Å². The fourth-order valence-corrected chi connectivity index (χ4v) is 4.54. The first-order valence-corrected chi connectivity index (χ1v) is 13.3. The van der Waals surface area contributed by atoms with Gasteiger partial charge in [0.05, 0.1) is 34.5 Å². The minimum absolute atomic E-state index is 0.0155. The van der Waals surface area contributed by atoms with Crippen LogP contribution in [0.25, 0.3) is 27.8 Å². The van der Waals surface area contributed by atoms with E-state index < -0.39 is 11.8 Å². The van der Waals surface area contributed by atoms with Crippen molar-refractivity contribution >= 4 is 28.4 Å². The maximum Gasteiger partial charge on any atom is 0.324 e. The quantitative estimate of drug-likeness (QED) is 0.225. The minimum atomic E-state index is -0.608. The van der Waals surface area contributed by atoms with Crippen molar-refractivity contribution in [3.63, 3.8) is 0 Å². The van der Waals surface area contributed by atoms with E-state index in [0.717, 1.165) is 27.8 Å². The number of amides is 2. The number of fused-ring (bicyclic) bond motifs is 1. The number of rotatable bonds is 7. The van der Waals surface area contributed by atoms with Crippen molar-refractivity contribution in [3.8, 4) is 28.4 Å². The van der Waals surface area contributed by atoms with Crippen molar-refractivity contribution in [1.82, 2.24) is 29.5 Å². The molecule has 0 aliphatic rings. The number of carbonyl (C=O) groups excluding carboxylic acids is 1. The molecule has 2 aromatic carbocycles. The van der Waals surface area contributed by atoms with E-state index in [9.17, 15) is 4.79 Å². The second-order valence-electron chi connectivity index (χ2n) is 9.68. The van der Waals surface area contributed by atoms with Crippen molar-refractivity contribution in [1.29, 1.82) is 0 Å². The summed E-state index contributed by atoms with van der Waals surface area (Å²) < 4.78 is 24.7. The molecule has 10 nitrogen and oxygen atoms in total. The lowest BCUT2D eigenvalue weighted by Crippen LogP contribution is -2.22. The van der Waals surface area contributed by atoms with Crippen molar-refractivity contribution in [2.24, 2.45) is 7.05 Å². The van der Waals surface area contributed by atoms with Gasteiger partial charge in [-0.1, -0.05) is 13.0 Å². The van der Waals surface area contributed by atoms with Crippen molar-refractivity contribution in [2.75, 3.05) is 10.6 Å². The van der Waals surface area contributed by atoms with Crippen LogP contribution >= 0.6 is 0 Å². The van der Waals surface area contributed by atoms with Gasteiger partial charge < -0.3 is 10.1 Å². The van der Waals surface area contributed by atoms with Crippen LogP contribution in [0.4, 0.5) is 20.7 Å². The minimum Gasteiger partial charge on any atom is -0.457 e. The molecular weight excluding hydrogens is 535 g/mol. The van der Waals surface area contributed by atoms with E-state index >= 15 is 4.39 Å². The van der Waals surface area contributed by atoms with Crippen LogP contribution in [0.5, 0.6) is 11.5 Å². The Balaban J connectivity index is 1.19. The molecule has 6 aromatic rings. The number of aryl methyl sites for hydroxylation is 2. The SMILES string of the molecule is CCc1cc(NC(=O)Nc2ccc(Oc3ccnc(-c4cnn(C)c4)c3)c(C)c2F)n(-c2ccc3ncccc3c2)n1. The Morgan fingerprint density at radius 2 is 1.90 bits per heavy atom. The normalized spacial score (nSPS) is 11.0. The highest BCUT2D eigenvalue weighted by Gasteiger charge is 2.17. The zero-order valence-corrected chi connectivity index (χ0v) is 23.2. The van der Waals surface area contributed by atoms with Gasteiger partial charge in [-0.2, -0.15) is 10.2 Å². The number of nitrogens with zero attached hydrogens (tertiary/aromatic N) is 6. The van der Waals surface area contributed by atoms with Gasteiger partial charge in [-0.25, -0.2) is 13.9 Å².